The third-order valence-corrected chi connectivity index (χ3v) is 3.64. The van der Waals surface area contributed by atoms with Crippen molar-refractivity contribution in [1.82, 2.24) is 10.2 Å². The second-order valence-electron chi connectivity index (χ2n) is 6.90. The Labute approximate surface area is 139 Å². The smallest absolute Gasteiger partial charge is 0.242 e. The fraction of sp³-hybridized carbons (Fsp3) is 0.556. The van der Waals surface area contributed by atoms with E-state index in [0.717, 1.165) is 11.3 Å². The highest BCUT2D eigenvalue weighted by atomic mass is 16.2. The SMILES string of the molecule is CCN(Cc1ccc(N(C)C)cc1)C(=O)CNC(=O)C(C)(C)C. The summed E-state index contributed by atoms with van der Waals surface area (Å²) in [5.41, 5.74) is 1.72. The molecule has 128 valence electrons. The highest BCUT2D eigenvalue weighted by Crippen LogP contribution is 2.14. The van der Waals surface area contributed by atoms with Crippen LogP contribution in [0.3, 0.4) is 0 Å². The van der Waals surface area contributed by atoms with Crippen LogP contribution in [0, 0.1) is 5.41 Å². The van der Waals surface area contributed by atoms with Crippen molar-refractivity contribution in [3.8, 4) is 0 Å². The number of amides is 2. The summed E-state index contributed by atoms with van der Waals surface area (Å²) in [6, 6.07) is 8.13. The van der Waals surface area contributed by atoms with E-state index in [0.29, 0.717) is 13.1 Å². The molecule has 0 fully saturated rings. The molecule has 0 aliphatic rings. The molecule has 0 atom stereocenters. The molecular formula is C18H29N3O2. The molecule has 0 aromatic heterocycles. The maximum atomic E-state index is 12.3. The van der Waals surface area contributed by atoms with Gasteiger partial charge in [-0.2, -0.15) is 0 Å². The van der Waals surface area contributed by atoms with Gasteiger partial charge >= 0.3 is 0 Å². The van der Waals surface area contributed by atoms with Crippen molar-refractivity contribution < 1.29 is 9.59 Å². The molecule has 5 heteroatoms. The lowest BCUT2D eigenvalue weighted by Crippen LogP contribution is -2.43. The van der Waals surface area contributed by atoms with Crippen LogP contribution in [0.1, 0.15) is 33.3 Å². The summed E-state index contributed by atoms with van der Waals surface area (Å²) in [5.74, 6) is -0.181. The molecule has 0 saturated heterocycles. The van der Waals surface area contributed by atoms with Gasteiger partial charge in [-0.1, -0.05) is 32.9 Å². The molecule has 0 saturated carbocycles. The number of likely N-dealkylation sites (N-methyl/N-ethyl adjacent to an activating group) is 1. The van der Waals surface area contributed by atoms with E-state index in [4.69, 9.17) is 0 Å². The van der Waals surface area contributed by atoms with Gasteiger partial charge in [-0.15, -0.1) is 0 Å². The summed E-state index contributed by atoms with van der Waals surface area (Å²) in [4.78, 5) is 27.9. The minimum atomic E-state index is -0.487. The van der Waals surface area contributed by atoms with Crippen molar-refractivity contribution in [1.29, 1.82) is 0 Å². The molecule has 1 rings (SSSR count). The van der Waals surface area contributed by atoms with Crippen LogP contribution in [-0.4, -0.2) is 43.9 Å². The molecule has 0 aliphatic heterocycles. The number of benzene rings is 1. The Morgan fingerprint density at radius 2 is 1.65 bits per heavy atom. The van der Waals surface area contributed by atoms with E-state index in [9.17, 15) is 9.59 Å². The minimum Gasteiger partial charge on any atom is -0.378 e. The maximum absolute atomic E-state index is 12.3. The van der Waals surface area contributed by atoms with Gasteiger partial charge in [-0.05, 0) is 24.6 Å². The van der Waals surface area contributed by atoms with E-state index in [2.05, 4.69) is 5.32 Å². The Hall–Kier alpha value is -2.04. The second-order valence-corrected chi connectivity index (χ2v) is 6.90. The quantitative estimate of drug-likeness (QED) is 0.875. The van der Waals surface area contributed by atoms with Crippen LogP contribution < -0.4 is 10.2 Å². The molecule has 1 N–H and O–H groups in total. The maximum Gasteiger partial charge on any atom is 0.242 e. The summed E-state index contributed by atoms with van der Waals surface area (Å²) in [7, 11) is 3.99. The Bertz CT molecular complexity index is 530. The van der Waals surface area contributed by atoms with Gasteiger partial charge in [0.05, 0.1) is 6.54 Å². The van der Waals surface area contributed by atoms with Crippen LogP contribution in [-0.2, 0) is 16.1 Å². The molecule has 0 spiro atoms. The van der Waals surface area contributed by atoms with Gasteiger partial charge in [-0.3, -0.25) is 9.59 Å². The van der Waals surface area contributed by atoms with Gasteiger partial charge in [0.15, 0.2) is 0 Å². The Morgan fingerprint density at radius 1 is 1.09 bits per heavy atom. The van der Waals surface area contributed by atoms with Crippen molar-refractivity contribution in [3.05, 3.63) is 29.8 Å². The van der Waals surface area contributed by atoms with Crippen molar-refractivity contribution >= 4 is 17.5 Å². The van der Waals surface area contributed by atoms with E-state index < -0.39 is 5.41 Å². The number of carbonyl (C=O) groups is 2. The summed E-state index contributed by atoms with van der Waals surface area (Å²) in [5, 5.41) is 2.71. The van der Waals surface area contributed by atoms with Crippen LogP contribution in [0.15, 0.2) is 24.3 Å². The first-order chi connectivity index (χ1) is 10.6. The van der Waals surface area contributed by atoms with E-state index in [1.54, 1.807) is 4.90 Å². The fourth-order valence-electron chi connectivity index (χ4n) is 2.03. The molecule has 0 radical (unpaired) electrons. The van der Waals surface area contributed by atoms with Crippen LogP contribution in [0.25, 0.3) is 0 Å². The Kier molecular flexibility index (Phi) is 6.61. The summed E-state index contributed by atoms with van der Waals surface area (Å²) < 4.78 is 0. The average Bonchev–Trinajstić information content (AvgIpc) is 2.49. The van der Waals surface area contributed by atoms with Gasteiger partial charge in [0.25, 0.3) is 0 Å². The summed E-state index contributed by atoms with van der Waals surface area (Å²) in [6.07, 6.45) is 0. The van der Waals surface area contributed by atoms with Crippen molar-refractivity contribution in [3.63, 3.8) is 0 Å². The summed E-state index contributed by atoms with van der Waals surface area (Å²) >= 11 is 0. The van der Waals surface area contributed by atoms with Crippen LogP contribution >= 0.6 is 0 Å². The first-order valence-corrected chi connectivity index (χ1v) is 7.97. The molecule has 2 amide bonds. The van der Waals surface area contributed by atoms with Gasteiger partial charge in [-0.25, -0.2) is 0 Å². The number of anilines is 1. The van der Waals surface area contributed by atoms with E-state index >= 15 is 0 Å². The first kappa shape index (κ1) is 19.0. The predicted octanol–water partition coefficient (Wildman–Crippen LogP) is 2.26. The Morgan fingerprint density at radius 3 is 2.09 bits per heavy atom. The van der Waals surface area contributed by atoms with E-state index in [-0.39, 0.29) is 18.4 Å². The molecule has 1 aromatic carbocycles. The number of hydrogen-bond acceptors (Lipinski definition) is 3. The summed E-state index contributed by atoms with van der Waals surface area (Å²) in [6.45, 7) is 8.63. The molecule has 0 heterocycles. The molecular weight excluding hydrogens is 290 g/mol. The largest absolute Gasteiger partial charge is 0.378 e. The lowest BCUT2D eigenvalue weighted by atomic mass is 9.96. The average molecular weight is 319 g/mol. The fourth-order valence-corrected chi connectivity index (χ4v) is 2.03. The van der Waals surface area contributed by atoms with E-state index in [1.165, 1.54) is 0 Å². The number of carbonyl (C=O) groups excluding carboxylic acids is 2. The highest BCUT2D eigenvalue weighted by Gasteiger charge is 2.22. The second kappa shape index (κ2) is 7.99. The van der Waals surface area contributed by atoms with Gasteiger partial charge in [0.2, 0.25) is 11.8 Å². The van der Waals surface area contributed by atoms with E-state index in [1.807, 2.05) is 71.0 Å². The minimum absolute atomic E-state index is 0.0414. The van der Waals surface area contributed by atoms with Gasteiger partial charge < -0.3 is 15.1 Å². The number of nitrogens with one attached hydrogen (secondary N) is 1. The highest BCUT2D eigenvalue weighted by molar-refractivity contribution is 5.87. The number of rotatable bonds is 6. The topological polar surface area (TPSA) is 52.6 Å². The Balaban J connectivity index is 2.62. The normalized spacial score (nSPS) is 11.0. The van der Waals surface area contributed by atoms with Crippen molar-refractivity contribution in [2.75, 3.05) is 32.1 Å². The van der Waals surface area contributed by atoms with Crippen LogP contribution in [0.4, 0.5) is 5.69 Å². The molecule has 1 aromatic rings. The monoisotopic (exact) mass is 319 g/mol. The van der Waals surface area contributed by atoms with Crippen molar-refractivity contribution in [2.45, 2.75) is 34.2 Å². The van der Waals surface area contributed by atoms with Crippen molar-refractivity contribution in [2.24, 2.45) is 5.41 Å². The number of hydrogen-bond donors (Lipinski definition) is 1. The molecule has 0 aliphatic carbocycles. The first-order valence-electron chi connectivity index (χ1n) is 7.97. The lowest BCUT2D eigenvalue weighted by molar-refractivity contribution is -0.135. The standard InChI is InChI=1S/C18H29N3O2/c1-7-21(16(22)12-19-17(23)18(2,3)4)13-14-8-10-15(11-9-14)20(5)6/h8-11H,7,12-13H2,1-6H3,(H,19,23). The third-order valence-electron chi connectivity index (χ3n) is 3.64. The third kappa shape index (κ3) is 5.93. The molecule has 23 heavy (non-hydrogen) atoms. The molecule has 0 bridgehead atoms. The zero-order valence-electron chi connectivity index (χ0n) is 15.1. The van der Waals surface area contributed by atoms with Gasteiger partial charge in [0, 0.05) is 38.3 Å². The number of nitrogens with zero attached hydrogens (tertiary/aromatic N) is 2. The predicted molar refractivity (Wildman–Crippen MR) is 94.3 cm³/mol. The zero-order chi connectivity index (χ0) is 17.6. The molecule has 0 unspecified atom stereocenters. The zero-order valence-corrected chi connectivity index (χ0v) is 15.1. The van der Waals surface area contributed by atoms with Crippen LogP contribution in [0.5, 0.6) is 0 Å². The molecule has 5 nitrogen and oxygen atoms in total. The van der Waals surface area contributed by atoms with Crippen LogP contribution in [0.2, 0.25) is 0 Å². The lowest BCUT2D eigenvalue weighted by Gasteiger charge is -2.23. The van der Waals surface area contributed by atoms with Gasteiger partial charge in [0.1, 0.15) is 0 Å².